The number of nitrogens with zero attached hydrogens (tertiary/aromatic N) is 2. The van der Waals surface area contributed by atoms with Gasteiger partial charge in [0, 0.05) is 43.9 Å². The molecule has 2 amide bonds. The molecule has 0 unspecified atom stereocenters. The summed E-state index contributed by atoms with van der Waals surface area (Å²) in [6.45, 7) is 4.20. The highest BCUT2D eigenvalue weighted by Crippen LogP contribution is 2.26. The maximum Gasteiger partial charge on any atom is 0.253 e. The minimum atomic E-state index is -0.125. The van der Waals surface area contributed by atoms with Gasteiger partial charge in [-0.25, -0.2) is 0 Å². The number of rotatable bonds is 2. The molecule has 2 aliphatic rings. The van der Waals surface area contributed by atoms with Crippen LogP contribution in [0.15, 0.2) is 24.3 Å². The van der Waals surface area contributed by atoms with Crippen LogP contribution in [-0.2, 0) is 4.79 Å². The van der Waals surface area contributed by atoms with Crippen LogP contribution in [0.1, 0.15) is 36.5 Å². The van der Waals surface area contributed by atoms with Crippen LogP contribution in [0.4, 0.5) is 5.69 Å². The lowest BCUT2D eigenvalue weighted by atomic mass is 9.99. The van der Waals surface area contributed by atoms with Gasteiger partial charge in [0.25, 0.3) is 5.91 Å². The summed E-state index contributed by atoms with van der Waals surface area (Å²) < 4.78 is 0. The zero-order chi connectivity index (χ0) is 16.4. The Morgan fingerprint density at radius 3 is 2.78 bits per heavy atom. The number of likely N-dealkylation sites (N-methyl/N-ethyl adjacent to an activating group) is 1. The molecular formula is C18H25N3O2. The van der Waals surface area contributed by atoms with E-state index in [1.807, 2.05) is 23.1 Å². The van der Waals surface area contributed by atoms with Gasteiger partial charge in [-0.2, -0.15) is 0 Å². The number of likely N-dealkylation sites (tertiary alicyclic amines) is 1. The van der Waals surface area contributed by atoms with E-state index in [1.165, 1.54) is 26.2 Å². The molecule has 0 radical (unpaired) electrons. The summed E-state index contributed by atoms with van der Waals surface area (Å²) in [6.07, 6.45) is 3.64. The number of fused-ring (bicyclic) bond motifs is 3. The fourth-order valence-corrected chi connectivity index (χ4v) is 3.81. The van der Waals surface area contributed by atoms with Gasteiger partial charge in [0.05, 0.1) is 0 Å². The summed E-state index contributed by atoms with van der Waals surface area (Å²) in [5, 5.41) is 2.74. The molecule has 0 aliphatic carbocycles. The highest BCUT2D eigenvalue weighted by molar-refractivity contribution is 5.96. The normalized spacial score (nSPS) is 24.9. The molecule has 2 aliphatic heterocycles. The summed E-state index contributed by atoms with van der Waals surface area (Å²) in [5.41, 5.74) is 1.33. The molecule has 2 fully saturated rings. The molecule has 2 heterocycles. The molecule has 0 spiro atoms. The Balaban J connectivity index is 1.78. The molecule has 1 aromatic rings. The van der Waals surface area contributed by atoms with Crippen molar-refractivity contribution < 1.29 is 9.59 Å². The van der Waals surface area contributed by atoms with Crippen molar-refractivity contribution in [3.05, 3.63) is 29.8 Å². The van der Waals surface area contributed by atoms with Gasteiger partial charge in [-0.05, 0) is 44.0 Å². The Morgan fingerprint density at radius 1 is 1.17 bits per heavy atom. The van der Waals surface area contributed by atoms with Crippen LogP contribution in [0.3, 0.4) is 0 Å². The smallest absolute Gasteiger partial charge is 0.253 e. The Morgan fingerprint density at radius 2 is 2.00 bits per heavy atom. The molecule has 23 heavy (non-hydrogen) atoms. The average molecular weight is 315 g/mol. The highest BCUT2D eigenvalue weighted by atomic mass is 16.2. The fraction of sp³-hybridized carbons (Fsp3) is 0.556. The van der Waals surface area contributed by atoms with Gasteiger partial charge in [0.1, 0.15) is 0 Å². The minimum Gasteiger partial charge on any atom is -0.337 e. The Labute approximate surface area is 137 Å². The van der Waals surface area contributed by atoms with Crippen molar-refractivity contribution in [3.63, 3.8) is 0 Å². The van der Waals surface area contributed by atoms with E-state index >= 15 is 0 Å². The van der Waals surface area contributed by atoms with E-state index < -0.39 is 0 Å². The SMILES string of the molecule is CC(=O)Nc1cccc(C(=O)N2C[C@H]3CCC[C@@H](C2)N(C)C3)c1. The third-order valence-electron chi connectivity index (χ3n) is 4.95. The monoisotopic (exact) mass is 315 g/mol. The van der Waals surface area contributed by atoms with Crippen molar-refractivity contribution >= 4 is 17.5 Å². The summed E-state index contributed by atoms with van der Waals surface area (Å²) in [7, 11) is 2.17. The third kappa shape index (κ3) is 3.72. The fourth-order valence-electron chi connectivity index (χ4n) is 3.81. The maximum atomic E-state index is 12.9. The van der Waals surface area contributed by atoms with Gasteiger partial charge in [-0.3, -0.25) is 9.59 Å². The molecule has 2 atom stereocenters. The van der Waals surface area contributed by atoms with Crippen LogP contribution in [0.2, 0.25) is 0 Å². The second kappa shape index (κ2) is 6.71. The lowest BCUT2D eigenvalue weighted by Crippen LogP contribution is -2.42. The summed E-state index contributed by atoms with van der Waals surface area (Å²) >= 11 is 0. The highest BCUT2D eigenvalue weighted by Gasteiger charge is 2.32. The number of anilines is 1. The molecule has 5 heteroatoms. The summed E-state index contributed by atoms with van der Waals surface area (Å²) in [6, 6.07) is 7.70. The first-order valence-corrected chi connectivity index (χ1v) is 8.40. The number of carbonyl (C=O) groups is 2. The van der Waals surface area contributed by atoms with Crippen LogP contribution < -0.4 is 5.32 Å². The lowest BCUT2D eigenvalue weighted by molar-refractivity contribution is -0.114. The zero-order valence-corrected chi connectivity index (χ0v) is 13.9. The number of amides is 2. The number of carbonyl (C=O) groups excluding carboxylic acids is 2. The molecule has 0 aromatic heterocycles. The first kappa shape index (κ1) is 16.0. The molecule has 3 rings (SSSR count). The van der Waals surface area contributed by atoms with E-state index in [0.29, 0.717) is 23.2 Å². The van der Waals surface area contributed by atoms with Crippen LogP contribution >= 0.6 is 0 Å². The van der Waals surface area contributed by atoms with E-state index in [0.717, 1.165) is 19.6 Å². The van der Waals surface area contributed by atoms with E-state index in [9.17, 15) is 9.59 Å². The van der Waals surface area contributed by atoms with E-state index in [-0.39, 0.29) is 11.8 Å². The van der Waals surface area contributed by atoms with Crippen LogP contribution in [0, 0.1) is 5.92 Å². The molecule has 2 saturated heterocycles. The molecule has 1 N–H and O–H groups in total. The summed E-state index contributed by atoms with van der Waals surface area (Å²) in [4.78, 5) is 28.5. The summed E-state index contributed by atoms with van der Waals surface area (Å²) in [5.74, 6) is 0.514. The van der Waals surface area contributed by atoms with Crippen LogP contribution in [-0.4, -0.2) is 54.3 Å². The molecule has 124 valence electrons. The molecule has 2 bridgehead atoms. The quantitative estimate of drug-likeness (QED) is 0.910. The predicted octanol–water partition coefficient (Wildman–Crippen LogP) is 2.20. The third-order valence-corrected chi connectivity index (χ3v) is 4.95. The topological polar surface area (TPSA) is 52.7 Å². The second-order valence-corrected chi connectivity index (χ2v) is 6.86. The molecule has 5 nitrogen and oxygen atoms in total. The first-order valence-electron chi connectivity index (χ1n) is 8.40. The van der Waals surface area contributed by atoms with Crippen LogP contribution in [0.5, 0.6) is 0 Å². The molecular weight excluding hydrogens is 290 g/mol. The number of hydrogen-bond donors (Lipinski definition) is 1. The molecule has 0 saturated carbocycles. The van der Waals surface area contributed by atoms with Crippen molar-refractivity contribution in [2.45, 2.75) is 32.2 Å². The Kier molecular flexibility index (Phi) is 4.66. The average Bonchev–Trinajstić information content (AvgIpc) is 2.74. The zero-order valence-electron chi connectivity index (χ0n) is 13.9. The number of hydrogen-bond acceptors (Lipinski definition) is 3. The predicted molar refractivity (Wildman–Crippen MR) is 90.4 cm³/mol. The van der Waals surface area contributed by atoms with Crippen molar-refractivity contribution in [1.82, 2.24) is 9.80 Å². The lowest BCUT2D eigenvalue weighted by Gasteiger charge is -2.30. The van der Waals surface area contributed by atoms with Crippen molar-refractivity contribution in [2.75, 3.05) is 32.0 Å². The van der Waals surface area contributed by atoms with Gasteiger partial charge in [0.2, 0.25) is 5.91 Å². The van der Waals surface area contributed by atoms with E-state index in [1.54, 1.807) is 6.07 Å². The van der Waals surface area contributed by atoms with Gasteiger partial charge >= 0.3 is 0 Å². The Hall–Kier alpha value is -1.88. The van der Waals surface area contributed by atoms with Crippen LogP contribution in [0.25, 0.3) is 0 Å². The standard InChI is InChI=1S/C18H25N3O2/c1-13(22)19-16-7-4-6-15(9-16)18(23)21-11-14-5-3-8-17(12-21)20(2)10-14/h4,6-7,9,14,17H,3,5,8,10-12H2,1-2H3,(H,19,22)/t14-,17-/m0/s1. The van der Waals surface area contributed by atoms with Gasteiger partial charge in [0.15, 0.2) is 0 Å². The maximum absolute atomic E-state index is 12.9. The van der Waals surface area contributed by atoms with Gasteiger partial charge in [-0.1, -0.05) is 12.5 Å². The number of nitrogens with one attached hydrogen (secondary N) is 1. The Bertz CT molecular complexity index is 602. The van der Waals surface area contributed by atoms with Gasteiger partial charge in [-0.15, -0.1) is 0 Å². The minimum absolute atomic E-state index is 0.0735. The molecule has 1 aromatic carbocycles. The van der Waals surface area contributed by atoms with Crippen molar-refractivity contribution in [3.8, 4) is 0 Å². The van der Waals surface area contributed by atoms with E-state index in [2.05, 4.69) is 17.3 Å². The first-order chi connectivity index (χ1) is 11.0. The number of benzene rings is 1. The second-order valence-electron chi connectivity index (χ2n) is 6.86. The van der Waals surface area contributed by atoms with Crippen molar-refractivity contribution in [1.29, 1.82) is 0 Å². The van der Waals surface area contributed by atoms with Gasteiger partial charge < -0.3 is 15.1 Å². The van der Waals surface area contributed by atoms with Crippen molar-refractivity contribution in [2.24, 2.45) is 5.92 Å². The van der Waals surface area contributed by atoms with E-state index in [4.69, 9.17) is 0 Å². The largest absolute Gasteiger partial charge is 0.337 e.